The van der Waals surface area contributed by atoms with Crippen LogP contribution < -0.4 is 15.0 Å². The van der Waals surface area contributed by atoms with Gasteiger partial charge in [0.25, 0.3) is 0 Å². The van der Waals surface area contributed by atoms with E-state index in [0.717, 1.165) is 6.04 Å². The normalized spacial score (nSPS) is 12.9. The van der Waals surface area contributed by atoms with Gasteiger partial charge in [-0.2, -0.15) is 4.68 Å². The molecule has 39 heavy (non-hydrogen) atoms. The Morgan fingerprint density at radius 1 is 1.18 bits per heavy atom. The fourth-order valence-electron chi connectivity index (χ4n) is 4.28. The Morgan fingerprint density at radius 2 is 1.95 bits per heavy atom. The summed E-state index contributed by atoms with van der Waals surface area (Å²) in [5.41, 5.74) is 1.62. The van der Waals surface area contributed by atoms with E-state index in [1.165, 1.54) is 47.2 Å². The number of hydrogen-bond acceptors (Lipinski definition) is 6. The number of carbonyl (C=O) groups excluding carboxylic acids is 1. The Morgan fingerprint density at radius 3 is 2.64 bits per heavy atom. The lowest BCUT2D eigenvalue weighted by Gasteiger charge is -2.19. The molecule has 3 aromatic rings. The van der Waals surface area contributed by atoms with E-state index in [4.69, 9.17) is 9.47 Å². The highest BCUT2D eigenvalue weighted by molar-refractivity contribution is 6.76. The number of carbonyl (C=O) groups is 1. The lowest BCUT2D eigenvalue weighted by atomic mass is 10.0. The molecule has 2 amide bonds. The van der Waals surface area contributed by atoms with Crippen LogP contribution in [0.15, 0.2) is 36.5 Å². The molecular formula is C26H31F2N5O5Si. The minimum absolute atomic E-state index is 0.0169. The molecule has 13 heteroatoms. The maximum atomic E-state index is 15.3. The molecule has 0 atom stereocenters. The summed E-state index contributed by atoms with van der Waals surface area (Å²) in [5.74, 6) is -1.35. The van der Waals surface area contributed by atoms with Gasteiger partial charge in [-0.3, -0.25) is 4.90 Å². The summed E-state index contributed by atoms with van der Waals surface area (Å²) in [6.45, 7) is 7.52. The molecule has 2 heterocycles. The van der Waals surface area contributed by atoms with E-state index < -0.39 is 36.5 Å². The molecule has 1 N–H and O–H groups in total. The Balaban J connectivity index is 1.50. The Kier molecular flexibility index (Phi) is 8.30. The molecule has 0 unspecified atom stereocenters. The van der Waals surface area contributed by atoms with Gasteiger partial charge in [-0.15, -0.1) is 0 Å². The van der Waals surface area contributed by atoms with Gasteiger partial charge < -0.3 is 24.9 Å². The highest BCUT2D eigenvalue weighted by Gasteiger charge is 2.30. The topological polar surface area (TPSA) is 112 Å². The van der Waals surface area contributed by atoms with Gasteiger partial charge in [0.15, 0.2) is 6.73 Å². The van der Waals surface area contributed by atoms with Crippen molar-refractivity contribution in [1.82, 2.24) is 15.1 Å². The van der Waals surface area contributed by atoms with E-state index in [2.05, 4.69) is 30.1 Å². The summed E-state index contributed by atoms with van der Waals surface area (Å²) in [7, 11) is 0.124. The first kappa shape index (κ1) is 28.2. The fraction of sp³-hybridized carbons (Fsp3) is 0.385. The minimum Gasteiger partial charge on any atom is -0.497 e. The van der Waals surface area contributed by atoms with E-state index >= 15 is 4.39 Å². The van der Waals surface area contributed by atoms with Crippen LogP contribution in [0.4, 0.5) is 25.1 Å². The largest absolute Gasteiger partial charge is 0.497 e. The lowest BCUT2D eigenvalue weighted by molar-refractivity contribution is -0.389. The Bertz CT molecular complexity index is 1390. The first-order chi connectivity index (χ1) is 18.4. The van der Waals surface area contributed by atoms with Crippen molar-refractivity contribution in [3.8, 4) is 16.9 Å². The summed E-state index contributed by atoms with van der Waals surface area (Å²) in [4.78, 5) is 25.3. The van der Waals surface area contributed by atoms with Gasteiger partial charge in [-0.25, -0.2) is 13.6 Å². The predicted octanol–water partition coefficient (Wildman–Crippen LogP) is 5.33. The molecule has 0 saturated heterocycles. The second-order valence-electron chi connectivity index (χ2n) is 10.5. The lowest BCUT2D eigenvalue weighted by Crippen LogP contribution is -2.38. The smallest absolute Gasteiger partial charge is 0.398 e. The second kappa shape index (κ2) is 11.5. The molecule has 0 saturated carbocycles. The molecule has 0 radical (unpaired) electrons. The zero-order valence-corrected chi connectivity index (χ0v) is 23.3. The van der Waals surface area contributed by atoms with E-state index in [1.54, 1.807) is 6.07 Å². The number of halogens is 2. The van der Waals surface area contributed by atoms with Crippen molar-refractivity contribution in [2.45, 2.75) is 45.4 Å². The van der Waals surface area contributed by atoms with E-state index in [9.17, 15) is 19.3 Å². The van der Waals surface area contributed by atoms with Crippen LogP contribution in [0.25, 0.3) is 11.1 Å². The SMILES string of the molecule is COc1cc(F)cc(CNC(=O)N2CCc3cc(-c4cn(COCC[Si](C)(C)C)nc4[N+](=O)[O-])c(F)cc32)c1. The van der Waals surface area contributed by atoms with E-state index in [-0.39, 0.29) is 24.4 Å². The molecule has 0 aliphatic carbocycles. The maximum Gasteiger partial charge on any atom is 0.398 e. The number of benzene rings is 2. The van der Waals surface area contributed by atoms with Crippen molar-refractivity contribution < 1.29 is 28.0 Å². The van der Waals surface area contributed by atoms with Gasteiger partial charge in [0.1, 0.15) is 22.9 Å². The summed E-state index contributed by atoms with van der Waals surface area (Å²) < 4.78 is 41.1. The summed E-state index contributed by atoms with van der Waals surface area (Å²) in [6.07, 6.45) is 1.84. The van der Waals surface area contributed by atoms with Crippen LogP contribution in [0.3, 0.4) is 0 Å². The molecule has 10 nitrogen and oxygen atoms in total. The molecule has 4 rings (SSSR count). The average Bonchev–Trinajstić information content (AvgIpc) is 3.48. The third-order valence-electron chi connectivity index (χ3n) is 6.34. The number of methoxy groups -OCH3 is 1. The van der Waals surface area contributed by atoms with Crippen molar-refractivity contribution in [2.75, 3.05) is 25.2 Å². The zero-order valence-electron chi connectivity index (χ0n) is 22.3. The van der Waals surface area contributed by atoms with E-state index in [1.807, 2.05) is 0 Å². The van der Waals surface area contributed by atoms with Crippen molar-refractivity contribution in [3.05, 3.63) is 69.4 Å². The summed E-state index contributed by atoms with van der Waals surface area (Å²) >= 11 is 0. The molecule has 1 aliphatic heterocycles. The quantitative estimate of drug-likeness (QED) is 0.156. The van der Waals surface area contributed by atoms with Gasteiger partial charge in [0.2, 0.25) is 0 Å². The van der Waals surface area contributed by atoms with Gasteiger partial charge in [0.05, 0.1) is 24.1 Å². The van der Waals surface area contributed by atoms with Gasteiger partial charge in [0, 0.05) is 39.4 Å². The highest BCUT2D eigenvalue weighted by Crippen LogP contribution is 2.37. The standard InChI is InChI=1S/C26H31F2N5O5Si/c1-37-20-10-17(9-19(27)12-20)14-29-26(34)32-6-5-18-11-21(23(28)13-24(18)32)22-15-31(30-25(22)33(35)36)16-38-7-8-39(2,3)4/h9-13,15H,5-8,14,16H2,1-4H3,(H,29,34). The number of nitrogens with one attached hydrogen (secondary N) is 1. The number of nitrogens with zero attached hydrogens (tertiary/aromatic N) is 4. The summed E-state index contributed by atoms with van der Waals surface area (Å²) in [6, 6.07) is 7.32. The third-order valence-corrected chi connectivity index (χ3v) is 8.05. The molecule has 0 fully saturated rings. The van der Waals surface area contributed by atoms with Crippen LogP contribution in [0.5, 0.6) is 5.75 Å². The zero-order chi connectivity index (χ0) is 28.3. The van der Waals surface area contributed by atoms with Gasteiger partial charge in [-0.1, -0.05) is 19.6 Å². The molecular weight excluding hydrogens is 528 g/mol. The predicted molar refractivity (Wildman–Crippen MR) is 145 cm³/mol. The first-order valence-electron chi connectivity index (χ1n) is 12.5. The number of nitro groups is 1. The monoisotopic (exact) mass is 559 g/mol. The number of aromatic nitrogens is 2. The van der Waals surface area contributed by atoms with Crippen LogP contribution in [0, 0.1) is 21.7 Å². The summed E-state index contributed by atoms with van der Waals surface area (Å²) in [5, 5.41) is 18.4. The van der Waals surface area contributed by atoms with Gasteiger partial charge >= 0.3 is 11.8 Å². The van der Waals surface area contributed by atoms with Crippen LogP contribution in [0.2, 0.25) is 25.7 Å². The number of rotatable bonds is 10. The van der Waals surface area contributed by atoms with Crippen LogP contribution in [-0.4, -0.2) is 49.1 Å². The van der Waals surface area contributed by atoms with Gasteiger partial charge in [-0.05, 0) is 52.8 Å². The fourth-order valence-corrected chi connectivity index (χ4v) is 5.04. The van der Waals surface area contributed by atoms with Crippen LogP contribution in [-0.2, 0) is 24.4 Å². The van der Waals surface area contributed by atoms with Crippen molar-refractivity contribution in [3.63, 3.8) is 0 Å². The number of urea groups is 1. The Labute approximate surface area is 225 Å². The third kappa shape index (κ3) is 6.78. The Hall–Kier alpha value is -3.84. The van der Waals surface area contributed by atoms with Crippen LogP contribution >= 0.6 is 0 Å². The van der Waals surface area contributed by atoms with Crippen LogP contribution in [0.1, 0.15) is 11.1 Å². The first-order valence-corrected chi connectivity index (χ1v) is 16.2. The number of ether oxygens (including phenoxy) is 2. The van der Waals surface area contributed by atoms with Crippen molar-refractivity contribution in [2.24, 2.45) is 0 Å². The van der Waals surface area contributed by atoms with Crippen molar-refractivity contribution in [1.29, 1.82) is 0 Å². The number of fused-ring (bicyclic) bond motifs is 1. The molecule has 0 bridgehead atoms. The maximum absolute atomic E-state index is 15.3. The molecule has 208 valence electrons. The molecule has 0 spiro atoms. The van der Waals surface area contributed by atoms with Crippen molar-refractivity contribution >= 4 is 25.6 Å². The number of hydrogen-bond donors (Lipinski definition) is 1. The second-order valence-corrected chi connectivity index (χ2v) is 16.2. The highest BCUT2D eigenvalue weighted by atomic mass is 28.3. The number of anilines is 1. The minimum atomic E-state index is -1.30. The average molecular weight is 560 g/mol. The number of amides is 2. The molecule has 2 aromatic carbocycles. The molecule has 1 aromatic heterocycles. The molecule has 1 aliphatic rings. The van der Waals surface area contributed by atoms with E-state index in [0.29, 0.717) is 42.1 Å².